The molecular weight excluding hydrogens is 210 g/mol. The third-order valence-corrected chi connectivity index (χ3v) is 3.20. The Morgan fingerprint density at radius 2 is 1.94 bits per heavy atom. The molecule has 0 aliphatic carbocycles. The lowest BCUT2D eigenvalue weighted by Crippen LogP contribution is -2.09. The van der Waals surface area contributed by atoms with E-state index >= 15 is 0 Å². The van der Waals surface area contributed by atoms with Crippen molar-refractivity contribution in [1.82, 2.24) is 0 Å². The molecule has 0 aliphatic rings. The Hall–Kier alpha value is -1.02. The van der Waals surface area contributed by atoms with E-state index in [2.05, 4.69) is 39.0 Å². The molecule has 0 saturated heterocycles. The predicted octanol–water partition coefficient (Wildman–Crippen LogP) is 3.35. The number of hydrogen-bond acceptors (Lipinski definition) is 2. The Morgan fingerprint density at radius 3 is 2.47 bits per heavy atom. The van der Waals surface area contributed by atoms with E-state index < -0.39 is 0 Å². The molecular formula is C15H25NO. The van der Waals surface area contributed by atoms with Crippen LogP contribution in [-0.2, 0) is 6.42 Å². The van der Waals surface area contributed by atoms with E-state index in [0.717, 1.165) is 25.1 Å². The van der Waals surface area contributed by atoms with Crippen molar-refractivity contribution in [3.8, 4) is 5.75 Å². The summed E-state index contributed by atoms with van der Waals surface area (Å²) in [6, 6.07) is 6.51. The van der Waals surface area contributed by atoms with Gasteiger partial charge in [0.05, 0.1) is 7.11 Å². The summed E-state index contributed by atoms with van der Waals surface area (Å²) in [6.07, 6.45) is 2.11. The van der Waals surface area contributed by atoms with Crippen molar-refractivity contribution in [3.05, 3.63) is 29.3 Å². The van der Waals surface area contributed by atoms with Gasteiger partial charge in [0.25, 0.3) is 0 Å². The third kappa shape index (κ3) is 4.04. The maximum atomic E-state index is 5.60. The van der Waals surface area contributed by atoms with Gasteiger partial charge in [-0.25, -0.2) is 0 Å². The fourth-order valence-corrected chi connectivity index (χ4v) is 2.08. The van der Waals surface area contributed by atoms with Crippen molar-refractivity contribution >= 4 is 0 Å². The van der Waals surface area contributed by atoms with Crippen molar-refractivity contribution in [2.75, 3.05) is 13.7 Å². The number of nitrogens with two attached hydrogens (primary N) is 1. The van der Waals surface area contributed by atoms with E-state index in [1.165, 1.54) is 11.1 Å². The Balaban J connectivity index is 2.89. The van der Waals surface area contributed by atoms with Crippen LogP contribution in [0.25, 0.3) is 0 Å². The first kappa shape index (κ1) is 14.0. The Morgan fingerprint density at radius 1 is 1.24 bits per heavy atom. The highest BCUT2D eigenvalue weighted by Crippen LogP contribution is 2.26. The SMILES string of the molecule is COc1ccc(C(C)C)cc1CC(C)CCN. The molecule has 0 aromatic heterocycles. The van der Waals surface area contributed by atoms with Gasteiger partial charge in [-0.15, -0.1) is 0 Å². The Labute approximate surface area is 105 Å². The zero-order valence-corrected chi connectivity index (χ0v) is 11.5. The average molecular weight is 235 g/mol. The molecule has 0 bridgehead atoms. The van der Waals surface area contributed by atoms with Crippen LogP contribution < -0.4 is 10.5 Å². The second-order valence-electron chi connectivity index (χ2n) is 5.11. The average Bonchev–Trinajstić information content (AvgIpc) is 2.29. The van der Waals surface area contributed by atoms with E-state index in [1.54, 1.807) is 7.11 Å². The summed E-state index contributed by atoms with van der Waals surface area (Å²) in [6.45, 7) is 7.44. The van der Waals surface area contributed by atoms with Crippen LogP contribution in [-0.4, -0.2) is 13.7 Å². The summed E-state index contributed by atoms with van der Waals surface area (Å²) < 4.78 is 5.43. The topological polar surface area (TPSA) is 35.2 Å². The number of ether oxygens (including phenoxy) is 1. The molecule has 0 fully saturated rings. The number of benzene rings is 1. The van der Waals surface area contributed by atoms with Gasteiger partial charge in [-0.3, -0.25) is 0 Å². The molecule has 2 heteroatoms. The molecule has 1 rings (SSSR count). The van der Waals surface area contributed by atoms with Crippen LogP contribution in [0.3, 0.4) is 0 Å². The summed E-state index contributed by atoms with van der Waals surface area (Å²) in [5, 5.41) is 0. The van der Waals surface area contributed by atoms with Gasteiger partial charge in [-0.2, -0.15) is 0 Å². The van der Waals surface area contributed by atoms with Crippen molar-refractivity contribution in [2.45, 2.75) is 39.5 Å². The molecule has 17 heavy (non-hydrogen) atoms. The summed E-state index contributed by atoms with van der Waals surface area (Å²) in [5.74, 6) is 2.17. The lowest BCUT2D eigenvalue weighted by molar-refractivity contribution is 0.404. The first-order chi connectivity index (χ1) is 8.08. The molecule has 1 atom stereocenters. The van der Waals surface area contributed by atoms with Crippen LogP contribution in [0, 0.1) is 5.92 Å². The molecule has 0 spiro atoms. The van der Waals surface area contributed by atoms with Crippen molar-refractivity contribution in [3.63, 3.8) is 0 Å². The summed E-state index contributed by atoms with van der Waals surface area (Å²) in [7, 11) is 1.74. The van der Waals surface area contributed by atoms with Gasteiger partial charge >= 0.3 is 0 Å². The highest BCUT2D eigenvalue weighted by molar-refractivity contribution is 5.38. The molecule has 0 radical (unpaired) electrons. The molecule has 2 N–H and O–H groups in total. The van der Waals surface area contributed by atoms with Gasteiger partial charge in [0.15, 0.2) is 0 Å². The predicted molar refractivity (Wildman–Crippen MR) is 73.6 cm³/mol. The van der Waals surface area contributed by atoms with Crippen LogP contribution in [0.4, 0.5) is 0 Å². The normalized spacial score (nSPS) is 12.8. The van der Waals surface area contributed by atoms with E-state index in [9.17, 15) is 0 Å². The molecule has 0 saturated carbocycles. The minimum absolute atomic E-state index is 0.560. The van der Waals surface area contributed by atoms with E-state index in [0.29, 0.717) is 11.8 Å². The molecule has 1 aromatic rings. The summed E-state index contributed by atoms with van der Waals surface area (Å²) >= 11 is 0. The standard InChI is InChI=1S/C15H25NO/c1-11(2)13-5-6-15(17-4)14(10-13)9-12(3)7-8-16/h5-6,10-12H,7-9,16H2,1-4H3. The van der Waals surface area contributed by atoms with Gasteiger partial charge in [0.1, 0.15) is 5.75 Å². The Kier molecular flexibility index (Phi) is 5.49. The van der Waals surface area contributed by atoms with Crippen LogP contribution in [0.2, 0.25) is 0 Å². The fourth-order valence-electron chi connectivity index (χ4n) is 2.08. The highest BCUT2D eigenvalue weighted by Gasteiger charge is 2.10. The van der Waals surface area contributed by atoms with Crippen molar-refractivity contribution in [1.29, 1.82) is 0 Å². The number of methoxy groups -OCH3 is 1. The summed E-state index contributed by atoms with van der Waals surface area (Å²) in [5.41, 5.74) is 8.28. The molecule has 0 heterocycles. The largest absolute Gasteiger partial charge is 0.496 e. The molecule has 2 nitrogen and oxygen atoms in total. The van der Waals surface area contributed by atoms with Crippen LogP contribution in [0.5, 0.6) is 5.75 Å². The van der Waals surface area contributed by atoms with Gasteiger partial charge in [0, 0.05) is 0 Å². The first-order valence-corrected chi connectivity index (χ1v) is 6.45. The maximum absolute atomic E-state index is 5.60. The van der Waals surface area contributed by atoms with Crippen LogP contribution in [0.1, 0.15) is 44.2 Å². The number of rotatable bonds is 6. The van der Waals surface area contributed by atoms with E-state index in [-0.39, 0.29) is 0 Å². The maximum Gasteiger partial charge on any atom is 0.122 e. The second-order valence-corrected chi connectivity index (χ2v) is 5.11. The molecule has 96 valence electrons. The molecule has 1 aromatic carbocycles. The van der Waals surface area contributed by atoms with Gasteiger partial charge in [-0.05, 0) is 48.4 Å². The minimum Gasteiger partial charge on any atom is -0.496 e. The van der Waals surface area contributed by atoms with Crippen LogP contribution >= 0.6 is 0 Å². The summed E-state index contributed by atoms with van der Waals surface area (Å²) in [4.78, 5) is 0. The van der Waals surface area contributed by atoms with E-state index in [4.69, 9.17) is 10.5 Å². The molecule has 1 unspecified atom stereocenters. The van der Waals surface area contributed by atoms with Gasteiger partial charge in [-0.1, -0.05) is 32.9 Å². The number of hydrogen-bond donors (Lipinski definition) is 1. The van der Waals surface area contributed by atoms with E-state index in [1.807, 2.05) is 0 Å². The highest BCUT2D eigenvalue weighted by atomic mass is 16.5. The van der Waals surface area contributed by atoms with Crippen molar-refractivity contribution < 1.29 is 4.74 Å². The Bertz CT molecular complexity index is 347. The zero-order chi connectivity index (χ0) is 12.8. The van der Waals surface area contributed by atoms with Gasteiger partial charge < -0.3 is 10.5 Å². The minimum atomic E-state index is 0.560. The lowest BCUT2D eigenvalue weighted by atomic mass is 9.93. The molecule has 0 amide bonds. The van der Waals surface area contributed by atoms with Gasteiger partial charge in [0.2, 0.25) is 0 Å². The monoisotopic (exact) mass is 235 g/mol. The second kappa shape index (κ2) is 6.65. The third-order valence-electron chi connectivity index (χ3n) is 3.20. The molecule has 0 aliphatic heterocycles. The lowest BCUT2D eigenvalue weighted by Gasteiger charge is -2.16. The zero-order valence-electron chi connectivity index (χ0n) is 11.5. The van der Waals surface area contributed by atoms with Crippen molar-refractivity contribution in [2.24, 2.45) is 11.7 Å². The quantitative estimate of drug-likeness (QED) is 0.820. The first-order valence-electron chi connectivity index (χ1n) is 6.45. The van der Waals surface area contributed by atoms with Crippen LogP contribution in [0.15, 0.2) is 18.2 Å². The fraction of sp³-hybridized carbons (Fsp3) is 0.600. The smallest absolute Gasteiger partial charge is 0.122 e.